The molecule has 1 unspecified atom stereocenters. The molecule has 1 amide bonds. The van der Waals surface area contributed by atoms with E-state index < -0.39 is 6.10 Å². The summed E-state index contributed by atoms with van der Waals surface area (Å²) >= 11 is 0. The van der Waals surface area contributed by atoms with Crippen molar-refractivity contribution in [3.8, 4) is 0 Å². The zero-order chi connectivity index (χ0) is 17.1. The summed E-state index contributed by atoms with van der Waals surface area (Å²) in [6, 6.07) is 3.72. The molecule has 0 radical (unpaired) electrons. The van der Waals surface area contributed by atoms with Gasteiger partial charge in [-0.25, -0.2) is 0 Å². The molecule has 2 heterocycles. The third kappa shape index (κ3) is 4.03. The van der Waals surface area contributed by atoms with Crippen LogP contribution >= 0.6 is 0 Å². The summed E-state index contributed by atoms with van der Waals surface area (Å²) < 4.78 is 3.73. The normalized spacial score (nSPS) is 23.5. The number of aliphatic hydroxyl groups is 1. The van der Waals surface area contributed by atoms with E-state index in [4.69, 9.17) is 0 Å². The van der Waals surface area contributed by atoms with Crippen LogP contribution < -0.4 is 5.32 Å². The van der Waals surface area contributed by atoms with Crippen molar-refractivity contribution >= 4 is 5.91 Å². The van der Waals surface area contributed by atoms with Gasteiger partial charge in [-0.1, -0.05) is 0 Å². The Morgan fingerprint density at radius 1 is 1.42 bits per heavy atom. The third-order valence-corrected chi connectivity index (χ3v) is 4.63. The van der Waals surface area contributed by atoms with Gasteiger partial charge in [0.05, 0.1) is 17.8 Å². The zero-order valence-electron chi connectivity index (χ0n) is 14.2. The van der Waals surface area contributed by atoms with Crippen LogP contribution in [0.5, 0.6) is 0 Å². The van der Waals surface area contributed by atoms with Gasteiger partial charge in [0.25, 0.3) is 0 Å². The summed E-state index contributed by atoms with van der Waals surface area (Å²) in [6.45, 7) is 5.27. The molecule has 0 aliphatic heterocycles. The lowest BCUT2D eigenvalue weighted by Crippen LogP contribution is -2.40. The SMILES string of the molecule is Cc1cc(C)n(CCC(=O)N[C@@H]2CC(Cn3cccn3)C[C@H]2O)n1. The Labute approximate surface area is 141 Å². The van der Waals surface area contributed by atoms with Crippen LogP contribution in [0.25, 0.3) is 0 Å². The second-order valence-electron chi connectivity index (χ2n) is 6.71. The first-order chi connectivity index (χ1) is 11.5. The molecule has 2 N–H and O–H groups in total. The summed E-state index contributed by atoms with van der Waals surface area (Å²) in [4.78, 5) is 12.2. The molecule has 3 atom stereocenters. The molecule has 3 rings (SSSR count). The number of aliphatic hydroxyl groups excluding tert-OH is 1. The molecule has 2 aromatic heterocycles. The molecule has 7 heteroatoms. The zero-order valence-corrected chi connectivity index (χ0v) is 14.2. The van der Waals surface area contributed by atoms with E-state index in [1.165, 1.54) is 0 Å². The maximum Gasteiger partial charge on any atom is 0.222 e. The van der Waals surface area contributed by atoms with Crippen LogP contribution in [-0.2, 0) is 17.9 Å². The van der Waals surface area contributed by atoms with Crippen LogP contribution in [0.1, 0.15) is 30.7 Å². The van der Waals surface area contributed by atoms with E-state index in [1.807, 2.05) is 41.5 Å². The average molecular weight is 331 g/mol. The van der Waals surface area contributed by atoms with Crippen LogP contribution in [0.4, 0.5) is 0 Å². The standard InChI is InChI=1S/C17H25N5O2/c1-12-8-13(2)22(20-12)7-4-17(24)19-15-9-14(10-16(15)23)11-21-6-3-5-18-21/h3,5-6,8,14-16,23H,4,7,9-11H2,1-2H3,(H,19,24)/t14?,15-,16-/m1/s1. The lowest BCUT2D eigenvalue weighted by Gasteiger charge is -2.16. The summed E-state index contributed by atoms with van der Waals surface area (Å²) in [5.74, 6) is 0.299. The van der Waals surface area contributed by atoms with Crippen molar-refractivity contribution in [3.05, 3.63) is 35.9 Å². The first kappa shape index (κ1) is 16.7. The highest BCUT2D eigenvalue weighted by molar-refractivity contribution is 5.76. The average Bonchev–Trinajstić information content (AvgIpc) is 3.21. The van der Waals surface area contributed by atoms with Crippen LogP contribution in [0.15, 0.2) is 24.5 Å². The molecule has 1 aliphatic rings. The Morgan fingerprint density at radius 2 is 2.25 bits per heavy atom. The number of nitrogens with zero attached hydrogens (tertiary/aromatic N) is 4. The summed E-state index contributed by atoms with van der Waals surface area (Å²) in [5, 5.41) is 21.7. The number of amides is 1. The quantitative estimate of drug-likeness (QED) is 0.828. The minimum absolute atomic E-state index is 0.0358. The molecule has 2 aromatic rings. The van der Waals surface area contributed by atoms with E-state index in [9.17, 15) is 9.90 Å². The smallest absolute Gasteiger partial charge is 0.222 e. The van der Waals surface area contributed by atoms with Gasteiger partial charge in [0.1, 0.15) is 0 Å². The molecule has 0 spiro atoms. The predicted octanol–water partition coefficient (Wildman–Crippen LogP) is 1.04. The van der Waals surface area contributed by atoms with Gasteiger partial charge in [0, 0.05) is 37.6 Å². The molecule has 0 bridgehead atoms. The van der Waals surface area contributed by atoms with Gasteiger partial charge in [-0.15, -0.1) is 0 Å². The van der Waals surface area contributed by atoms with Crippen LogP contribution in [0.3, 0.4) is 0 Å². The molecule has 1 aliphatic carbocycles. The number of hydrogen-bond acceptors (Lipinski definition) is 4. The van der Waals surface area contributed by atoms with Crippen LogP contribution in [-0.4, -0.2) is 42.7 Å². The molecule has 1 fully saturated rings. The van der Waals surface area contributed by atoms with Crippen molar-refractivity contribution in [2.24, 2.45) is 5.92 Å². The second-order valence-corrected chi connectivity index (χ2v) is 6.71. The fourth-order valence-electron chi connectivity index (χ4n) is 3.48. The van der Waals surface area contributed by atoms with E-state index in [-0.39, 0.29) is 11.9 Å². The number of rotatable bonds is 6. The first-order valence-corrected chi connectivity index (χ1v) is 8.47. The van der Waals surface area contributed by atoms with Crippen LogP contribution in [0, 0.1) is 19.8 Å². The minimum Gasteiger partial charge on any atom is -0.391 e. The Morgan fingerprint density at radius 3 is 2.92 bits per heavy atom. The fraction of sp³-hybridized carbons (Fsp3) is 0.588. The van der Waals surface area contributed by atoms with E-state index in [2.05, 4.69) is 15.5 Å². The van der Waals surface area contributed by atoms with Gasteiger partial charge >= 0.3 is 0 Å². The van der Waals surface area contributed by atoms with Gasteiger partial charge in [0.2, 0.25) is 5.91 Å². The van der Waals surface area contributed by atoms with Gasteiger partial charge in [-0.3, -0.25) is 14.2 Å². The van der Waals surface area contributed by atoms with Crippen molar-refractivity contribution in [3.63, 3.8) is 0 Å². The van der Waals surface area contributed by atoms with E-state index in [1.54, 1.807) is 6.20 Å². The summed E-state index contributed by atoms with van der Waals surface area (Å²) in [7, 11) is 0. The number of carbonyl (C=O) groups is 1. The summed E-state index contributed by atoms with van der Waals surface area (Å²) in [5.41, 5.74) is 2.01. The third-order valence-electron chi connectivity index (χ3n) is 4.63. The highest BCUT2D eigenvalue weighted by Gasteiger charge is 2.34. The number of aryl methyl sites for hydroxylation is 3. The Kier molecular flexibility index (Phi) is 4.99. The number of carbonyl (C=O) groups excluding carboxylic acids is 1. The number of nitrogens with one attached hydrogen (secondary N) is 1. The molecular formula is C17H25N5O2. The van der Waals surface area contributed by atoms with Gasteiger partial charge in [-0.05, 0) is 44.7 Å². The number of hydrogen-bond donors (Lipinski definition) is 2. The Bertz CT molecular complexity index is 679. The topological polar surface area (TPSA) is 85.0 Å². The maximum absolute atomic E-state index is 12.2. The fourth-order valence-corrected chi connectivity index (χ4v) is 3.48. The lowest BCUT2D eigenvalue weighted by molar-refractivity contribution is -0.122. The van der Waals surface area contributed by atoms with E-state index in [0.29, 0.717) is 25.3 Å². The molecule has 130 valence electrons. The molecule has 0 saturated heterocycles. The molecular weight excluding hydrogens is 306 g/mol. The second kappa shape index (κ2) is 7.17. The highest BCUT2D eigenvalue weighted by atomic mass is 16.3. The molecule has 24 heavy (non-hydrogen) atoms. The van der Waals surface area contributed by atoms with Gasteiger partial charge < -0.3 is 10.4 Å². The Hall–Kier alpha value is -2.15. The van der Waals surface area contributed by atoms with Crippen molar-refractivity contribution in [2.75, 3.05) is 0 Å². The predicted molar refractivity (Wildman–Crippen MR) is 89.2 cm³/mol. The maximum atomic E-state index is 12.2. The van der Waals surface area contributed by atoms with E-state index in [0.717, 1.165) is 24.4 Å². The summed E-state index contributed by atoms with van der Waals surface area (Å²) in [6.07, 6.45) is 5.04. The lowest BCUT2D eigenvalue weighted by atomic mass is 10.1. The van der Waals surface area contributed by atoms with Crippen molar-refractivity contribution < 1.29 is 9.90 Å². The van der Waals surface area contributed by atoms with Crippen molar-refractivity contribution in [2.45, 2.75) is 58.3 Å². The van der Waals surface area contributed by atoms with Gasteiger partial charge in [-0.2, -0.15) is 10.2 Å². The monoisotopic (exact) mass is 331 g/mol. The first-order valence-electron chi connectivity index (χ1n) is 8.47. The van der Waals surface area contributed by atoms with Crippen molar-refractivity contribution in [1.82, 2.24) is 24.9 Å². The largest absolute Gasteiger partial charge is 0.391 e. The molecule has 7 nitrogen and oxygen atoms in total. The van der Waals surface area contributed by atoms with Gasteiger partial charge in [0.15, 0.2) is 0 Å². The number of aromatic nitrogens is 4. The molecule has 0 aromatic carbocycles. The minimum atomic E-state index is -0.483. The highest BCUT2D eigenvalue weighted by Crippen LogP contribution is 2.27. The Balaban J connectivity index is 1.46. The molecule has 1 saturated carbocycles. The van der Waals surface area contributed by atoms with E-state index >= 15 is 0 Å². The van der Waals surface area contributed by atoms with Crippen LogP contribution in [0.2, 0.25) is 0 Å². The van der Waals surface area contributed by atoms with Crippen molar-refractivity contribution in [1.29, 1.82) is 0 Å².